The van der Waals surface area contributed by atoms with Crippen LogP contribution in [0.3, 0.4) is 0 Å². The molecule has 3 aromatic heterocycles. The summed E-state index contributed by atoms with van der Waals surface area (Å²) in [6.45, 7) is 18.0. The fourth-order valence-electron chi connectivity index (χ4n) is 18.7. The van der Waals surface area contributed by atoms with Crippen molar-refractivity contribution in [1.29, 1.82) is 0 Å². The number of aliphatic hydroxyl groups excluding tert-OH is 2. The average molecular weight is 1660 g/mol. The maximum Gasteiger partial charge on any atom is 0.283 e. The number of nitrogens with zero attached hydrogens (tertiary/aromatic N) is 6. The van der Waals surface area contributed by atoms with E-state index in [4.69, 9.17) is 0 Å². The lowest BCUT2D eigenvalue weighted by atomic mass is 9.77. The topological polar surface area (TPSA) is 148 Å². The molecule has 15 rings (SSSR count). The summed E-state index contributed by atoms with van der Waals surface area (Å²) >= 11 is 0. The highest BCUT2D eigenvalue weighted by molar-refractivity contribution is 5.87. The predicted octanol–water partition coefficient (Wildman–Crippen LogP) is 18.3. The summed E-state index contributed by atoms with van der Waals surface area (Å²) in [6.07, 6.45) is 7.10. The summed E-state index contributed by atoms with van der Waals surface area (Å²) in [5, 5.41) is 43.2. The fraction of sp³-hybridized carbons (Fsp3) is 0.533. The number of nitrogens with one attached hydrogen (secondary N) is 3. The second-order valence-corrected chi connectivity index (χ2v) is 35.0. The molecule has 6 aliphatic rings. The minimum absolute atomic E-state index is 0.0693. The van der Waals surface area contributed by atoms with Crippen LogP contribution in [0.1, 0.15) is 193 Å². The minimum Gasteiger partial charge on any atom is -0.390 e. The predicted molar refractivity (Wildman–Crippen MR) is 426 cm³/mol. The summed E-state index contributed by atoms with van der Waals surface area (Å²) in [5.74, 6) is -18.7. The van der Waals surface area contributed by atoms with Gasteiger partial charge in [0, 0.05) is 148 Å². The van der Waals surface area contributed by atoms with Crippen molar-refractivity contribution in [2.75, 3.05) is 91.8 Å². The minimum atomic E-state index is -3.52. The molecular formula is C90H108F15N9O4. The van der Waals surface area contributed by atoms with Crippen LogP contribution in [0, 0.1) is 64.3 Å². The van der Waals surface area contributed by atoms with Crippen molar-refractivity contribution in [1.82, 2.24) is 44.4 Å². The number of benzene rings is 6. The zero-order valence-electron chi connectivity index (χ0n) is 68.3. The molecule has 0 radical (unpaired) electrons. The molecule has 0 spiro atoms. The number of hydrogen-bond acceptors (Lipinski definition) is 10. The van der Waals surface area contributed by atoms with Gasteiger partial charge in [0.15, 0.2) is 0 Å². The Kier molecular flexibility index (Phi) is 25.8. The lowest BCUT2D eigenvalue weighted by molar-refractivity contribution is -0.124. The van der Waals surface area contributed by atoms with Crippen molar-refractivity contribution < 1.29 is 86.3 Å². The largest absolute Gasteiger partial charge is 0.390 e. The first-order valence-electron chi connectivity index (χ1n) is 41.2. The normalized spacial score (nSPS) is 22.1. The summed E-state index contributed by atoms with van der Waals surface area (Å²) in [7, 11) is 0. The van der Waals surface area contributed by atoms with E-state index in [0.717, 1.165) is 111 Å². The van der Waals surface area contributed by atoms with E-state index in [1.807, 2.05) is 43.0 Å². The van der Waals surface area contributed by atoms with E-state index >= 15 is 35.1 Å². The van der Waals surface area contributed by atoms with Gasteiger partial charge in [-0.25, -0.2) is 65.9 Å². The lowest BCUT2D eigenvalue weighted by Crippen LogP contribution is -2.55. The molecule has 7 N–H and O–H groups in total. The molecule has 118 heavy (non-hydrogen) atoms. The van der Waals surface area contributed by atoms with Gasteiger partial charge in [-0.2, -0.15) is 0 Å². The standard InChI is InChI=1S/2C30H36F5N3O2.C30H36F5N3/c2*1-4-5-8-37-13-19(14-37)29(3,40)18-10-23(32)26(24(33)11-18)28-27-22(21-12-20(31)6-7-25(21)36-27)9-17(2)38(28)15-30(34,35)16-39;1-5-6-11-37-15-20(16-37)30(34,35)19-13-23(31)26(24(32)14-19)28-27-22(21-9-7-8-10-25(21)36-27)12-18(2)38(28)17-29(3,4)33/h2*6-7,10-12,17,19,28,36,39-40H,4-5,8-9,13-16H2,1-3H3;7-10,13-14,18,20,28,36H,5-6,11-12,15-17H2,1-4H3/t17-,28-,29+;17-,28-,29-;18-,28-/m111/s1. The van der Waals surface area contributed by atoms with E-state index in [2.05, 4.69) is 38.6 Å². The van der Waals surface area contributed by atoms with Crippen molar-refractivity contribution >= 4 is 32.7 Å². The van der Waals surface area contributed by atoms with Crippen LogP contribution in [-0.2, 0) is 36.4 Å². The molecule has 9 aromatic rings. The number of para-hydroxylation sites is 1. The van der Waals surface area contributed by atoms with E-state index in [1.165, 1.54) is 60.0 Å². The van der Waals surface area contributed by atoms with Crippen LogP contribution in [0.4, 0.5) is 65.9 Å². The van der Waals surface area contributed by atoms with Gasteiger partial charge in [0.1, 0.15) is 65.4 Å². The lowest BCUT2D eigenvalue weighted by Gasteiger charge is -2.47. The number of halogens is 15. The number of unbranched alkanes of at least 4 members (excludes halogenated alkanes) is 3. The summed E-state index contributed by atoms with van der Waals surface area (Å²) in [4.78, 5) is 20.1. The third-order valence-corrected chi connectivity index (χ3v) is 25.6. The Morgan fingerprint density at radius 2 is 0.695 bits per heavy atom. The number of likely N-dealkylation sites (tertiary alicyclic amines) is 3. The van der Waals surface area contributed by atoms with Gasteiger partial charge in [0.25, 0.3) is 17.8 Å². The van der Waals surface area contributed by atoms with Crippen LogP contribution < -0.4 is 0 Å². The number of alkyl halides is 7. The van der Waals surface area contributed by atoms with Gasteiger partial charge >= 0.3 is 0 Å². The highest BCUT2D eigenvalue weighted by Gasteiger charge is 2.52. The summed E-state index contributed by atoms with van der Waals surface area (Å²) in [5.41, 5.74) is -1.12. The zero-order valence-corrected chi connectivity index (χ0v) is 68.3. The molecule has 0 saturated carbocycles. The number of hydrogen-bond donors (Lipinski definition) is 7. The fourth-order valence-corrected chi connectivity index (χ4v) is 18.7. The maximum atomic E-state index is 16.0. The van der Waals surface area contributed by atoms with Crippen LogP contribution in [0.25, 0.3) is 32.7 Å². The van der Waals surface area contributed by atoms with Crippen LogP contribution in [-0.4, -0.2) is 192 Å². The van der Waals surface area contributed by atoms with Crippen molar-refractivity contribution in [3.63, 3.8) is 0 Å². The average Bonchev–Trinajstić information content (AvgIpc) is 1.11. The Morgan fingerprint density at radius 1 is 0.390 bits per heavy atom. The molecule has 642 valence electrons. The quantitative estimate of drug-likeness (QED) is 0.0261. The van der Waals surface area contributed by atoms with Crippen molar-refractivity contribution in [3.8, 4) is 0 Å². The summed E-state index contributed by atoms with van der Waals surface area (Å²) < 4.78 is 228. The molecule has 0 bridgehead atoms. The molecule has 3 saturated heterocycles. The third-order valence-electron chi connectivity index (χ3n) is 25.6. The van der Waals surface area contributed by atoms with Crippen molar-refractivity contribution in [2.45, 2.75) is 198 Å². The SMILES string of the molecule is CCCCN1CC(C(F)(F)c2cc(F)c([C@@H]3c4[nH]c5ccccc5c4C[C@@H](C)N3CC(C)(C)F)c(F)c2)C1.CCCCN1CC([C@@](C)(O)c2cc(F)c([C@@H]3c4[nH]c5ccc(F)cc5c4C[C@@H](C)N3CC(F)(F)CO)c(F)c2)C1.CCCCN1CC([C@](C)(O)c2cc(F)c([C@@H]3c4[nH]c5ccc(F)cc5c4C[C@@H](C)N3CC(F)(F)CO)c(F)c2)C1. The first-order valence-corrected chi connectivity index (χ1v) is 41.2. The molecular weight excluding hydrogens is 1560 g/mol. The van der Waals surface area contributed by atoms with E-state index in [9.17, 15) is 51.2 Å². The van der Waals surface area contributed by atoms with E-state index < -0.39 is 160 Å². The Morgan fingerprint density at radius 3 is 1.03 bits per heavy atom. The van der Waals surface area contributed by atoms with E-state index in [0.29, 0.717) is 82.6 Å². The smallest absolute Gasteiger partial charge is 0.283 e. The van der Waals surface area contributed by atoms with E-state index in [-0.39, 0.29) is 67.0 Å². The van der Waals surface area contributed by atoms with Gasteiger partial charge in [-0.1, -0.05) is 58.2 Å². The molecule has 0 amide bonds. The van der Waals surface area contributed by atoms with Gasteiger partial charge < -0.3 is 50.1 Å². The maximum absolute atomic E-state index is 16.0. The number of H-pyrrole nitrogens is 3. The monoisotopic (exact) mass is 1660 g/mol. The van der Waals surface area contributed by atoms with E-state index in [1.54, 1.807) is 32.6 Å². The number of aromatic nitrogens is 3. The van der Waals surface area contributed by atoms with Gasteiger partial charge in [0.2, 0.25) is 0 Å². The number of fused-ring (bicyclic) bond motifs is 9. The highest BCUT2D eigenvalue weighted by Crippen LogP contribution is 2.51. The Balaban J connectivity index is 0.000000154. The molecule has 0 unspecified atom stereocenters. The number of aromatic amines is 3. The van der Waals surface area contributed by atoms with Crippen molar-refractivity contribution in [3.05, 3.63) is 211 Å². The third kappa shape index (κ3) is 17.7. The van der Waals surface area contributed by atoms with Gasteiger partial charge in [0.05, 0.1) is 48.3 Å². The van der Waals surface area contributed by atoms with Crippen LogP contribution >= 0.6 is 0 Å². The Bertz CT molecular complexity index is 4780. The molecule has 3 fully saturated rings. The first kappa shape index (κ1) is 88.3. The van der Waals surface area contributed by atoms with Gasteiger partial charge in [-0.05, 0) is 213 Å². The first-order chi connectivity index (χ1) is 55.6. The van der Waals surface area contributed by atoms with Crippen LogP contribution in [0.15, 0.2) is 97.1 Å². The number of rotatable bonds is 26. The molecule has 6 aromatic carbocycles. The molecule has 6 aliphatic heterocycles. The van der Waals surface area contributed by atoms with Crippen molar-refractivity contribution in [2.24, 2.45) is 17.8 Å². The summed E-state index contributed by atoms with van der Waals surface area (Å²) in [6, 6.07) is 16.7. The van der Waals surface area contributed by atoms with Gasteiger partial charge in [-0.3, -0.25) is 14.7 Å². The molecule has 9 heterocycles. The Labute approximate surface area is 678 Å². The molecule has 8 atom stereocenters. The zero-order chi connectivity index (χ0) is 85.4. The molecule has 28 heteroatoms. The highest BCUT2D eigenvalue weighted by atomic mass is 19.3. The second kappa shape index (κ2) is 34.4. The number of aliphatic hydroxyl groups is 4. The van der Waals surface area contributed by atoms with Gasteiger partial charge in [-0.15, -0.1) is 0 Å². The molecule has 13 nitrogen and oxygen atoms in total. The molecule has 0 aliphatic carbocycles. The van der Waals surface area contributed by atoms with Crippen LogP contribution in [0.5, 0.6) is 0 Å². The second-order valence-electron chi connectivity index (χ2n) is 35.0. The Hall–Kier alpha value is -7.51. The van der Waals surface area contributed by atoms with Crippen LogP contribution in [0.2, 0.25) is 0 Å².